The number of anilines is 1. The highest BCUT2D eigenvalue weighted by Crippen LogP contribution is 2.32. The topological polar surface area (TPSA) is 12.5 Å². The molecule has 74 valence electrons. The van der Waals surface area contributed by atoms with Crippen LogP contribution in [0.1, 0.15) is 12.0 Å². The van der Waals surface area contributed by atoms with Crippen molar-refractivity contribution >= 4 is 5.69 Å². The molecule has 2 nitrogen and oxygen atoms in total. The molecule has 3 fully saturated rings. The molecule has 3 heterocycles. The Balaban J connectivity index is 1.85. The third-order valence-corrected chi connectivity index (χ3v) is 3.21. The second kappa shape index (κ2) is 2.99. The van der Waals surface area contributed by atoms with Crippen molar-refractivity contribution in [3.05, 3.63) is 29.8 Å². The lowest BCUT2D eigenvalue weighted by molar-refractivity contribution is -0.133. The van der Waals surface area contributed by atoms with E-state index in [1.807, 2.05) is 0 Å². The summed E-state index contributed by atoms with van der Waals surface area (Å²) < 4.78 is 5.62. The van der Waals surface area contributed by atoms with E-state index in [1.165, 1.54) is 17.7 Å². The molecule has 0 amide bonds. The Hall–Kier alpha value is -1.02. The SMILES string of the molecule is Cc1ccccc1N1CC2CC(C1)O2. The largest absolute Gasteiger partial charge is 0.371 e. The fraction of sp³-hybridized carbons (Fsp3) is 0.500. The molecule has 2 unspecified atom stereocenters. The fourth-order valence-corrected chi connectivity index (χ4v) is 2.47. The van der Waals surface area contributed by atoms with Crippen molar-refractivity contribution in [2.24, 2.45) is 0 Å². The second-order valence-electron chi connectivity index (χ2n) is 4.31. The molecule has 3 aliphatic rings. The molecule has 2 heteroatoms. The van der Waals surface area contributed by atoms with Crippen LogP contribution in [0.4, 0.5) is 5.69 Å². The third kappa shape index (κ3) is 1.22. The van der Waals surface area contributed by atoms with Crippen LogP contribution in [-0.4, -0.2) is 25.3 Å². The molecule has 0 spiro atoms. The lowest BCUT2D eigenvalue weighted by atomic mass is 9.97. The number of fused-ring (bicyclic) bond motifs is 2. The van der Waals surface area contributed by atoms with Crippen molar-refractivity contribution in [2.75, 3.05) is 18.0 Å². The van der Waals surface area contributed by atoms with Crippen LogP contribution in [0, 0.1) is 6.92 Å². The van der Waals surface area contributed by atoms with E-state index in [4.69, 9.17) is 4.74 Å². The van der Waals surface area contributed by atoms with Gasteiger partial charge in [0.25, 0.3) is 0 Å². The molecule has 1 aromatic carbocycles. The highest BCUT2D eigenvalue weighted by atomic mass is 16.5. The Morgan fingerprint density at radius 2 is 1.86 bits per heavy atom. The van der Waals surface area contributed by atoms with E-state index in [-0.39, 0.29) is 0 Å². The molecular weight excluding hydrogens is 174 g/mol. The first-order valence-electron chi connectivity index (χ1n) is 5.29. The summed E-state index contributed by atoms with van der Waals surface area (Å²) >= 11 is 0. The maximum atomic E-state index is 5.62. The zero-order chi connectivity index (χ0) is 9.54. The average molecular weight is 189 g/mol. The first-order chi connectivity index (χ1) is 6.83. The Kier molecular flexibility index (Phi) is 1.77. The van der Waals surface area contributed by atoms with Crippen molar-refractivity contribution < 1.29 is 4.74 Å². The van der Waals surface area contributed by atoms with E-state index < -0.39 is 0 Å². The van der Waals surface area contributed by atoms with Crippen molar-refractivity contribution in [1.29, 1.82) is 0 Å². The molecule has 3 saturated heterocycles. The van der Waals surface area contributed by atoms with Crippen LogP contribution in [-0.2, 0) is 4.74 Å². The van der Waals surface area contributed by atoms with E-state index in [0.29, 0.717) is 12.2 Å². The van der Waals surface area contributed by atoms with Gasteiger partial charge in [0.2, 0.25) is 0 Å². The highest BCUT2D eigenvalue weighted by Gasteiger charge is 2.38. The molecule has 1 aromatic rings. The Labute approximate surface area is 84.5 Å². The minimum atomic E-state index is 0.494. The van der Waals surface area contributed by atoms with E-state index >= 15 is 0 Å². The molecule has 0 radical (unpaired) electrons. The molecule has 0 aromatic heterocycles. The van der Waals surface area contributed by atoms with Gasteiger partial charge in [-0.15, -0.1) is 0 Å². The molecule has 0 aliphatic carbocycles. The average Bonchev–Trinajstić information content (AvgIpc) is 2.17. The molecule has 2 bridgehead atoms. The molecule has 4 rings (SSSR count). The number of benzene rings is 1. The lowest BCUT2D eigenvalue weighted by Gasteiger charge is -2.48. The zero-order valence-electron chi connectivity index (χ0n) is 8.44. The van der Waals surface area contributed by atoms with Gasteiger partial charge >= 0.3 is 0 Å². The summed E-state index contributed by atoms with van der Waals surface area (Å²) in [4.78, 5) is 2.46. The molecular formula is C12H15NO. The minimum absolute atomic E-state index is 0.494. The summed E-state index contributed by atoms with van der Waals surface area (Å²) in [6.45, 7) is 4.32. The normalized spacial score (nSPS) is 29.9. The predicted octanol–water partition coefficient (Wildman–Crippen LogP) is 1.97. The van der Waals surface area contributed by atoms with Gasteiger partial charge in [0.1, 0.15) is 0 Å². The molecule has 14 heavy (non-hydrogen) atoms. The zero-order valence-corrected chi connectivity index (χ0v) is 8.44. The number of nitrogens with zero attached hydrogens (tertiary/aromatic N) is 1. The Bertz CT molecular complexity index is 334. The second-order valence-corrected chi connectivity index (χ2v) is 4.31. The van der Waals surface area contributed by atoms with E-state index in [9.17, 15) is 0 Å². The van der Waals surface area contributed by atoms with Gasteiger partial charge in [0, 0.05) is 25.2 Å². The first kappa shape index (κ1) is 8.30. The van der Waals surface area contributed by atoms with Gasteiger partial charge < -0.3 is 9.64 Å². The summed E-state index contributed by atoms with van der Waals surface area (Å²) in [5.41, 5.74) is 2.75. The van der Waals surface area contributed by atoms with Crippen molar-refractivity contribution in [2.45, 2.75) is 25.6 Å². The summed E-state index contributed by atoms with van der Waals surface area (Å²) in [7, 11) is 0. The predicted molar refractivity (Wildman–Crippen MR) is 56.7 cm³/mol. The minimum Gasteiger partial charge on any atom is -0.371 e. The van der Waals surface area contributed by atoms with Gasteiger partial charge in [-0.1, -0.05) is 18.2 Å². The first-order valence-corrected chi connectivity index (χ1v) is 5.29. The van der Waals surface area contributed by atoms with E-state index in [2.05, 4.69) is 36.1 Å². The van der Waals surface area contributed by atoms with Crippen LogP contribution >= 0.6 is 0 Å². The van der Waals surface area contributed by atoms with Gasteiger partial charge in [0.15, 0.2) is 0 Å². The summed E-state index contributed by atoms with van der Waals surface area (Å²) in [5.74, 6) is 0. The van der Waals surface area contributed by atoms with Crippen LogP contribution in [0.15, 0.2) is 24.3 Å². The summed E-state index contributed by atoms with van der Waals surface area (Å²) in [6.07, 6.45) is 2.25. The van der Waals surface area contributed by atoms with Gasteiger partial charge in [-0.05, 0) is 18.6 Å². The van der Waals surface area contributed by atoms with Crippen LogP contribution in [0.3, 0.4) is 0 Å². The number of rotatable bonds is 1. The number of hydrogen-bond donors (Lipinski definition) is 0. The van der Waals surface area contributed by atoms with Crippen LogP contribution < -0.4 is 4.90 Å². The van der Waals surface area contributed by atoms with E-state index in [1.54, 1.807) is 0 Å². The maximum absolute atomic E-state index is 5.62. The number of morpholine rings is 1. The lowest BCUT2D eigenvalue weighted by Crippen LogP contribution is -2.57. The van der Waals surface area contributed by atoms with Crippen molar-refractivity contribution in [3.8, 4) is 0 Å². The smallest absolute Gasteiger partial charge is 0.0780 e. The van der Waals surface area contributed by atoms with Gasteiger partial charge in [0.05, 0.1) is 12.2 Å². The van der Waals surface area contributed by atoms with Crippen molar-refractivity contribution in [3.63, 3.8) is 0 Å². The number of aryl methyl sites for hydroxylation is 1. The van der Waals surface area contributed by atoms with E-state index in [0.717, 1.165) is 13.1 Å². The number of para-hydroxylation sites is 1. The molecule has 3 aliphatic heterocycles. The van der Waals surface area contributed by atoms with Gasteiger partial charge in [-0.25, -0.2) is 0 Å². The van der Waals surface area contributed by atoms with Gasteiger partial charge in [-0.3, -0.25) is 0 Å². The maximum Gasteiger partial charge on any atom is 0.0780 e. The Morgan fingerprint density at radius 3 is 2.50 bits per heavy atom. The van der Waals surface area contributed by atoms with Gasteiger partial charge in [-0.2, -0.15) is 0 Å². The molecule has 0 N–H and O–H groups in total. The Morgan fingerprint density at radius 1 is 1.21 bits per heavy atom. The molecule has 2 atom stereocenters. The number of piperidine rings is 1. The highest BCUT2D eigenvalue weighted by molar-refractivity contribution is 5.53. The number of hydrogen-bond acceptors (Lipinski definition) is 2. The molecule has 0 saturated carbocycles. The monoisotopic (exact) mass is 189 g/mol. The third-order valence-electron chi connectivity index (χ3n) is 3.21. The summed E-state index contributed by atoms with van der Waals surface area (Å²) in [6, 6.07) is 8.60. The van der Waals surface area contributed by atoms with Crippen LogP contribution in [0.25, 0.3) is 0 Å². The number of ether oxygens (including phenoxy) is 1. The summed E-state index contributed by atoms with van der Waals surface area (Å²) in [5, 5.41) is 0. The standard InChI is InChI=1S/C12H15NO/c1-9-4-2-3-5-12(9)13-7-10-6-11(8-13)14-10/h2-5,10-11H,6-8H2,1H3. The van der Waals surface area contributed by atoms with Crippen LogP contribution in [0.5, 0.6) is 0 Å². The quantitative estimate of drug-likeness (QED) is 0.669. The van der Waals surface area contributed by atoms with Crippen molar-refractivity contribution in [1.82, 2.24) is 0 Å². The van der Waals surface area contributed by atoms with Crippen LogP contribution in [0.2, 0.25) is 0 Å². The fourth-order valence-electron chi connectivity index (χ4n) is 2.47.